The standard InChI is InChI=1S/C57H89N19O17/c1-28(2)18-34(48(84)67-35(19-31-22-61-26-65-31)49(85)70-37(56(92)93)20-32-23-62-27-66-32)68-51(87)40-12-8-16-75(40)54(90)36(21-43(80)81)69-50(86)39-11-7-15-74(39)42(79)24-64-47(83)38(25-77)71-52(88)41-13-9-17-76(41)55(91)44(29(3)4)72-53(89)45(30(5)78)73-46(82)33(58)10-6-14-63-57(59)60/h22-23,26-30,33-41,44-45,77-78H,6-21,24-25,58H2,1-5H3,(H,61,65)(H,62,66)(H,64,83)(H,67,84)(H,68,87)(H,69,86)(H,70,85)(H,71,88)(H,72,89)(H,73,82)(H,80,81)(H,92,93)(H4,59,60,63)/t30-,33+,34+,35+,36+,37+,38+,39+,40+,41+,44+,45+/m1/s1. The summed E-state index contributed by atoms with van der Waals surface area (Å²) in [5.74, 6) is -13.3. The molecular weight excluding hydrogens is 1220 g/mol. The topological polar surface area (TPSA) is 557 Å². The van der Waals surface area contributed by atoms with Crippen molar-refractivity contribution in [2.24, 2.45) is 34.0 Å². The zero-order valence-electron chi connectivity index (χ0n) is 52.6. The number of aliphatic imine (C=N–C) groups is 1. The number of rotatable bonds is 35. The van der Waals surface area contributed by atoms with Crippen molar-refractivity contribution in [3.63, 3.8) is 0 Å². The Balaban J connectivity index is 1.18. The second-order valence-electron chi connectivity index (χ2n) is 24.0. The van der Waals surface area contributed by atoms with Crippen LogP contribution in [-0.2, 0) is 75.2 Å². The van der Waals surface area contributed by atoms with E-state index in [4.69, 9.17) is 17.2 Å². The van der Waals surface area contributed by atoms with Crippen molar-refractivity contribution in [3.8, 4) is 0 Å². The van der Waals surface area contributed by atoms with Crippen molar-refractivity contribution in [1.29, 1.82) is 0 Å². The summed E-state index contributed by atoms with van der Waals surface area (Å²) >= 11 is 0. The number of carboxylic acids is 2. The first-order valence-electron chi connectivity index (χ1n) is 30.8. The predicted octanol–water partition coefficient (Wildman–Crippen LogP) is -6.58. The maximum Gasteiger partial charge on any atom is 0.326 e. The van der Waals surface area contributed by atoms with E-state index in [0.29, 0.717) is 24.2 Å². The summed E-state index contributed by atoms with van der Waals surface area (Å²) in [6.45, 7) is 6.47. The van der Waals surface area contributed by atoms with Crippen LogP contribution in [0.3, 0.4) is 0 Å². The summed E-state index contributed by atoms with van der Waals surface area (Å²) < 4.78 is 0. The number of carbonyl (C=O) groups excluding carboxylic acids is 11. The lowest BCUT2D eigenvalue weighted by Crippen LogP contribution is -2.61. The van der Waals surface area contributed by atoms with Crippen LogP contribution in [-0.4, -0.2) is 250 Å². The molecular formula is C57H89N19O17. The summed E-state index contributed by atoms with van der Waals surface area (Å²) in [4.78, 5) is 197. The highest BCUT2D eigenvalue weighted by Crippen LogP contribution is 2.24. The lowest BCUT2D eigenvalue weighted by molar-refractivity contribution is -0.147. The van der Waals surface area contributed by atoms with Crippen LogP contribution in [0.2, 0.25) is 0 Å². The van der Waals surface area contributed by atoms with Gasteiger partial charge in [0.15, 0.2) is 5.96 Å². The van der Waals surface area contributed by atoms with Crippen LogP contribution in [0, 0.1) is 11.8 Å². The number of likely N-dealkylation sites (tertiary alicyclic amines) is 3. The van der Waals surface area contributed by atoms with E-state index in [1.807, 2.05) is 0 Å². The number of H-pyrrole nitrogens is 2. The van der Waals surface area contributed by atoms with Crippen molar-refractivity contribution in [3.05, 3.63) is 36.4 Å². The van der Waals surface area contributed by atoms with Gasteiger partial charge < -0.3 is 105 Å². The van der Waals surface area contributed by atoms with Crippen LogP contribution in [0.4, 0.5) is 0 Å². The molecule has 3 saturated heterocycles. The molecule has 0 radical (unpaired) electrons. The molecule has 0 bridgehead atoms. The van der Waals surface area contributed by atoms with Crippen molar-refractivity contribution in [2.45, 2.75) is 184 Å². The van der Waals surface area contributed by atoms with Gasteiger partial charge in [-0.05, 0) is 76.5 Å². The number of aliphatic hydroxyl groups excluding tert-OH is 2. The average molecular weight is 1310 g/mol. The monoisotopic (exact) mass is 1310 g/mol. The number of aliphatic carboxylic acids is 2. The Morgan fingerprint density at radius 3 is 1.60 bits per heavy atom. The van der Waals surface area contributed by atoms with E-state index >= 15 is 0 Å². The molecule has 0 saturated carbocycles. The molecule has 0 aromatic carbocycles. The Kier molecular flexibility index (Phi) is 28.4. The lowest BCUT2D eigenvalue weighted by Gasteiger charge is -2.32. The van der Waals surface area contributed by atoms with Crippen molar-refractivity contribution < 1.29 is 82.8 Å². The maximum absolute atomic E-state index is 14.3. The number of aromatic amines is 2. The van der Waals surface area contributed by atoms with Crippen LogP contribution in [0.5, 0.6) is 0 Å². The Morgan fingerprint density at radius 2 is 1.11 bits per heavy atom. The number of nitrogens with zero attached hydrogens (tertiary/aromatic N) is 6. The Morgan fingerprint density at radius 1 is 0.613 bits per heavy atom. The molecule has 5 heterocycles. The van der Waals surface area contributed by atoms with Crippen LogP contribution in [0.15, 0.2) is 30.0 Å². The number of nitrogens with one attached hydrogen (secondary N) is 10. The molecule has 36 nitrogen and oxygen atoms in total. The fourth-order valence-electron chi connectivity index (χ4n) is 11.0. The number of guanidine groups is 1. The smallest absolute Gasteiger partial charge is 0.326 e. The Hall–Kier alpha value is -9.32. The van der Waals surface area contributed by atoms with Gasteiger partial charge in [-0.1, -0.05) is 27.7 Å². The molecule has 2 aromatic heterocycles. The number of carboxylic acid groups (broad SMARTS) is 2. The van der Waals surface area contributed by atoms with Crippen molar-refractivity contribution in [1.82, 2.24) is 77.2 Å². The highest BCUT2D eigenvalue weighted by Gasteiger charge is 2.44. The molecule has 3 fully saturated rings. The van der Waals surface area contributed by atoms with Gasteiger partial charge in [0.25, 0.3) is 0 Å². The number of amides is 11. The number of aromatic nitrogens is 4. The number of imidazole rings is 2. The normalized spacial score (nSPS) is 19.1. The first-order chi connectivity index (χ1) is 44.0. The number of carbonyl (C=O) groups is 13. The van der Waals surface area contributed by atoms with Crippen molar-refractivity contribution in [2.75, 3.05) is 39.3 Å². The first kappa shape index (κ1) is 74.4. The summed E-state index contributed by atoms with van der Waals surface area (Å²) in [6.07, 6.45) is 4.32. The van der Waals surface area contributed by atoms with Crippen LogP contribution >= 0.6 is 0 Å². The number of aliphatic hydroxyl groups is 2. The third-order valence-corrected chi connectivity index (χ3v) is 15.9. The van der Waals surface area contributed by atoms with Gasteiger partial charge in [0.2, 0.25) is 65.0 Å². The van der Waals surface area contributed by atoms with Gasteiger partial charge in [0.1, 0.15) is 60.4 Å². The minimum absolute atomic E-state index is 0.0119. The molecule has 36 heteroatoms. The molecule has 3 aliphatic rings. The summed E-state index contributed by atoms with van der Waals surface area (Å²) in [5, 5.41) is 60.5. The zero-order valence-corrected chi connectivity index (χ0v) is 52.6. The Bertz CT molecular complexity index is 2980. The highest BCUT2D eigenvalue weighted by molar-refractivity contribution is 6.00. The molecule has 11 amide bonds. The molecule has 5 rings (SSSR count). The number of hydrogen-bond donors (Lipinski definition) is 17. The van der Waals surface area contributed by atoms with E-state index in [-0.39, 0.29) is 95.8 Å². The van der Waals surface area contributed by atoms with Gasteiger partial charge in [-0.25, -0.2) is 14.8 Å². The molecule has 0 aliphatic carbocycles. The van der Waals surface area contributed by atoms with Crippen LogP contribution in [0.25, 0.3) is 0 Å². The second kappa shape index (κ2) is 35.5. The predicted molar refractivity (Wildman–Crippen MR) is 326 cm³/mol. The largest absolute Gasteiger partial charge is 0.481 e. The van der Waals surface area contributed by atoms with E-state index in [1.165, 1.54) is 36.9 Å². The Labute approximate surface area is 535 Å². The maximum atomic E-state index is 14.3. The SMILES string of the molecule is CC(C)C[C@H](NC(=O)[C@@H]1CCCN1C(=O)[C@H](CC(=O)O)NC(=O)[C@@H]1CCCN1C(=O)CNC(=O)[C@H](CO)NC(=O)[C@@H]1CCCN1C(=O)[C@@H](NC(=O)[C@@H](NC(=O)[C@@H](N)CCCN=C(N)N)[C@@H](C)O)C(C)C)C(=O)N[C@@H](Cc1cnc[nH]1)C(=O)N[C@@H](Cc1cnc[nH]1)C(=O)O. The van der Waals surface area contributed by atoms with Crippen molar-refractivity contribution >= 4 is 82.9 Å². The van der Waals surface area contributed by atoms with E-state index in [1.54, 1.807) is 27.7 Å². The van der Waals surface area contributed by atoms with Gasteiger partial charge >= 0.3 is 11.9 Å². The third-order valence-electron chi connectivity index (χ3n) is 15.9. The van der Waals surface area contributed by atoms with E-state index in [9.17, 15) is 82.8 Å². The molecule has 2 aromatic rings. The molecule has 93 heavy (non-hydrogen) atoms. The zero-order chi connectivity index (χ0) is 68.8. The van der Waals surface area contributed by atoms with Gasteiger partial charge in [-0.3, -0.25) is 62.5 Å². The third kappa shape index (κ3) is 21.9. The summed E-state index contributed by atoms with van der Waals surface area (Å²) in [6, 6.07) is -15.2. The molecule has 20 N–H and O–H groups in total. The average Bonchev–Trinajstić information content (AvgIpc) is 1.81. The highest BCUT2D eigenvalue weighted by atomic mass is 16.4. The van der Waals surface area contributed by atoms with Gasteiger partial charge in [-0.15, -0.1) is 0 Å². The molecule has 514 valence electrons. The second-order valence-corrected chi connectivity index (χ2v) is 24.0. The summed E-state index contributed by atoms with van der Waals surface area (Å²) in [5.41, 5.74) is 17.5. The first-order valence-corrected chi connectivity index (χ1v) is 30.8. The molecule has 12 atom stereocenters. The molecule has 3 aliphatic heterocycles. The fourth-order valence-corrected chi connectivity index (χ4v) is 11.0. The molecule has 0 spiro atoms. The summed E-state index contributed by atoms with van der Waals surface area (Å²) in [7, 11) is 0. The molecule has 0 unspecified atom stereocenters. The van der Waals surface area contributed by atoms with Crippen LogP contribution < -0.4 is 59.7 Å². The minimum atomic E-state index is -1.76. The van der Waals surface area contributed by atoms with E-state index < -0.39 is 175 Å². The van der Waals surface area contributed by atoms with Gasteiger partial charge in [0, 0.05) is 62.8 Å². The van der Waals surface area contributed by atoms with Crippen LogP contribution in [0.1, 0.15) is 110 Å². The minimum Gasteiger partial charge on any atom is -0.481 e. The fraction of sp³-hybridized carbons (Fsp3) is 0.649. The van der Waals surface area contributed by atoms with E-state index in [0.717, 1.165) is 9.80 Å². The number of nitrogens with two attached hydrogens (primary N) is 3. The van der Waals surface area contributed by atoms with Gasteiger partial charge in [0.05, 0.1) is 44.4 Å². The number of hydrogen-bond acceptors (Lipinski definition) is 19. The van der Waals surface area contributed by atoms with Gasteiger partial charge in [-0.2, -0.15) is 0 Å². The lowest BCUT2D eigenvalue weighted by atomic mass is 10.0. The quantitative estimate of drug-likeness (QED) is 0.0173. The van der Waals surface area contributed by atoms with E-state index in [2.05, 4.69) is 67.5 Å².